The number of rotatable bonds is 6. The summed E-state index contributed by atoms with van der Waals surface area (Å²) in [5.74, 6) is 0.186. The number of nitrogens with zero attached hydrogens (tertiary/aromatic N) is 4. The summed E-state index contributed by atoms with van der Waals surface area (Å²) in [6.45, 7) is 2.39. The third-order valence-electron chi connectivity index (χ3n) is 6.80. The van der Waals surface area contributed by atoms with E-state index in [9.17, 15) is 14.7 Å². The summed E-state index contributed by atoms with van der Waals surface area (Å²) in [7, 11) is 0. The van der Waals surface area contributed by atoms with Crippen molar-refractivity contribution in [3.63, 3.8) is 0 Å². The van der Waals surface area contributed by atoms with Crippen molar-refractivity contribution in [1.29, 1.82) is 0 Å². The third-order valence-corrected chi connectivity index (χ3v) is 7.07. The quantitative estimate of drug-likeness (QED) is 0.646. The second-order valence-corrected chi connectivity index (χ2v) is 9.43. The van der Waals surface area contributed by atoms with Crippen LogP contribution >= 0.6 is 11.6 Å². The Morgan fingerprint density at radius 3 is 2.88 bits per heavy atom. The molecule has 0 saturated carbocycles. The Labute approximate surface area is 203 Å². The summed E-state index contributed by atoms with van der Waals surface area (Å²) in [6, 6.07) is 5.68. The molecule has 5 rings (SSSR count). The van der Waals surface area contributed by atoms with Gasteiger partial charge in [-0.05, 0) is 37.3 Å². The van der Waals surface area contributed by atoms with Crippen LogP contribution in [0.3, 0.4) is 0 Å². The van der Waals surface area contributed by atoms with E-state index >= 15 is 0 Å². The van der Waals surface area contributed by atoms with E-state index in [-0.39, 0.29) is 37.0 Å². The van der Waals surface area contributed by atoms with E-state index in [0.29, 0.717) is 48.5 Å². The van der Waals surface area contributed by atoms with Crippen molar-refractivity contribution < 1.29 is 19.4 Å². The molecule has 9 nitrogen and oxygen atoms in total. The summed E-state index contributed by atoms with van der Waals surface area (Å²) in [5.41, 5.74) is 2.70. The first-order valence-electron chi connectivity index (χ1n) is 11.7. The van der Waals surface area contributed by atoms with Gasteiger partial charge in [0, 0.05) is 43.5 Å². The topological polar surface area (TPSA) is 108 Å². The molecular formula is C24H28ClN5O4. The van der Waals surface area contributed by atoms with Gasteiger partial charge in [0.05, 0.1) is 29.6 Å². The first-order chi connectivity index (χ1) is 16.5. The molecule has 1 aromatic heterocycles. The van der Waals surface area contributed by atoms with Gasteiger partial charge in [-0.15, -0.1) is 0 Å². The molecule has 0 radical (unpaired) electrons. The summed E-state index contributed by atoms with van der Waals surface area (Å²) >= 11 is 6.42. The fourth-order valence-corrected chi connectivity index (χ4v) is 5.11. The fourth-order valence-electron chi connectivity index (χ4n) is 4.91. The number of anilines is 1. The highest BCUT2D eigenvalue weighted by Crippen LogP contribution is 2.32. The van der Waals surface area contributed by atoms with Crippen molar-refractivity contribution in [2.75, 3.05) is 38.2 Å². The SMILES string of the molecule is O=C1c2cc(-c3nc(NC4CCOCC4)ncc3Cl)ccc2CN1CC(=O)N1CCC[C@H]1CO. The summed E-state index contributed by atoms with van der Waals surface area (Å²) in [5, 5.41) is 13.3. The standard InChI is InChI=1S/C24H28ClN5O4/c25-20-11-26-24(27-17-5-8-34-9-6-17)28-22(20)15-3-4-16-12-29(23(33)19(16)10-15)13-21(32)30-7-1-2-18(30)14-31/h3-4,10-11,17-18,31H,1-2,5-9,12-14H2,(H,26,27,28)/t18-/m0/s1. The van der Waals surface area contributed by atoms with Gasteiger partial charge in [-0.25, -0.2) is 9.97 Å². The number of amides is 2. The van der Waals surface area contributed by atoms with E-state index in [4.69, 9.17) is 16.3 Å². The molecule has 0 unspecified atom stereocenters. The molecule has 0 aliphatic carbocycles. The average Bonchev–Trinajstić information content (AvgIpc) is 3.45. The lowest BCUT2D eigenvalue weighted by Crippen LogP contribution is -2.44. The molecule has 1 aromatic carbocycles. The van der Waals surface area contributed by atoms with Crippen molar-refractivity contribution >= 4 is 29.4 Å². The van der Waals surface area contributed by atoms with E-state index in [1.54, 1.807) is 22.1 Å². The molecule has 0 bridgehead atoms. The van der Waals surface area contributed by atoms with Gasteiger partial charge < -0.3 is 25.0 Å². The monoisotopic (exact) mass is 485 g/mol. The largest absolute Gasteiger partial charge is 0.394 e. The molecule has 180 valence electrons. The lowest BCUT2D eigenvalue weighted by Gasteiger charge is -2.25. The van der Waals surface area contributed by atoms with Gasteiger partial charge in [-0.3, -0.25) is 9.59 Å². The number of carbonyl (C=O) groups excluding carboxylic acids is 2. The number of aromatic nitrogens is 2. The van der Waals surface area contributed by atoms with Crippen molar-refractivity contribution in [3.05, 3.63) is 40.5 Å². The van der Waals surface area contributed by atoms with Crippen molar-refractivity contribution in [2.45, 2.75) is 44.3 Å². The number of fused-ring (bicyclic) bond motifs is 1. The maximum atomic E-state index is 13.1. The van der Waals surface area contributed by atoms with Crippen LogP contribution in [-0.2, 0) is 16.1 Å². The number of nitrogens with one attached hydrogen (secondary N) is 1. The minimum Gasteiger partial charge on any atom is -0.394 e. The van der Waals surface area contributed by atoms with Crippen molar-refractivity contribution in [3.8, 4) is 11.3 Å². The molecule has 2 aromatic rings. The Kier molecular flexibility index (Phi) is 6.67. The maximum Gasteiger partial charge on any atom is 0.254 e. The summed E-state index contributed by atoms with van der Waals surface area (Å²) in [6.07, 6.45) is 5.02. The predicted octanol–water partition coefficient (Wildman–Crippen LogP) is 2.33. The van der Waals surface area contributed by atoms with E-state index in [1.807, 2.05) is 12.1 Å². The smallest absolute Gasteiger partial charge is 0.254 e. The first-order valence-corrected chi connectivity index (χ1v) is 12.1. The van der Waals surface area contributed by atoms with Crippen LogP contribution in [0.15, 0.2) is 24.4 Å². The third kappa shape index (κ3) is 4.60. The molecule has 10 heteroatoms. The highest BCUT2D eigenvalue weighted by molar-refractivity contribution is 6.33. The second-order valence-electron chi connectivity index (χ2n) is 9.02. The van der Waals surface area contributed by atoms with E-state index in [1.165, 1.54) is 0 Å². The minimum absolute atomic E-state index is 0.00673. The van der Waals surface area contributed by atoms with E-state index < -0.39 is 0 Å². The number of halogens is 1. The number of aliphatic hydroxyl groups excluding tert-OH is 1. The van der Waals surface area contributed by atoms with Gasteiger partial charge >= 0.3 is 0 Å². The van der Waals surface area contributed by atoms with Crippen molar-refractivity contribution in [1.82, 2.24) is 19.8 Å². The van der Waals surface area contributed by atoms with Gasteiger partial charge in [0.2, 0.25) is 11.9 Å². The Hall–Kier alpha value is -2.75. The zero-order valence-electron chi connectivity index (χ0n) is 18.9. The zero-order chi connectivity index (χ0) is 23.7. The van der Waals surface area contributed by atoms with E-state index in [2.05, 4.69) is 15.3 Å². The zero-order valence-corrected chi connectivity index (χ0v) is 19.6. The van der Waals surface area contributed by atoms with Crippen LogP contribution in [0.25, 0.3) is 11.3 Å². The number of benzene rings is 1. The number of likely N-dealkylation sites (tertiary alicyclic amines) is 1. The number of hydrogen-bond acceptors (Lipinski definition) is 7. The van der Waals surface area contributed by atoms with Gasteiger partial charge in [0.1, 0.15) is 6.54 Å². The van der Waals surface area contributed by atoms with E-state index in [0.717, 1.165) is 36.8 Å². The molecule has 3 aliphatic heterocycles. The van der Waals surface area contributed by atoms with Crippen molar-refractivity contribution in [2.24, 2.45) is 0 Å². The molecule has 4 heterocycles. The molecule has 3 aliphatic rings. The van der Waals surface area contributed by atoms with Gasteiger partial charge in [0.25, 0.3) is 5.91 Å². The number of aliphatic hydroxyl groups is 1. The van der Waals surface area contributed by atoms with Gasteiger partial charge in [0.15, 0.2) is 0 Å². The summed E-state index contributed by atoms with van der Waals surface area (Å²) < 4.78 is 5.40. The molecule has 1 atom stereocenters. The Bertz CT molecular complexity index is 1090. The summed E-state index contributed by atoms with van der Waals surface area (Å²) in [4.78, 5) is 38.1. The maximum absolute atomic E-state index is 13.1. The second kappa shape index (κ2) is 9.85. The van der Waals surface area contributed by atoms with Crippen LogP contribution in [-0.4, -0.2) is 81.7 Å². The molecule has 2 saturated heterocycles. The van der Waals surface area contributed by atoms with Crippen LogP contribution in [0.1, 0.15) is 41.6 Å². The molecule has 2 amide bonds. The predicted molar refractivity (Wildman–Crippen MR) is 127 cm³/mol. The number of hydrogen-bond donors (Lipinski definition) is 2. The Balaban J connectivity index is 1.32. The van der Waals surface area contributed by atoms with Crippen LogP contribution in [0.2, 0.25) is 5.02 Å². The fraction of sp³-hybridized carbons (Fsp3) is 0.500. The van der Waals surface area contributed by atoms with Crippen LogP contribution in [0.4, 0.5) is 5.95 Å². The molecule has 0 spiro atoms. The lowest BCUT2D eigenvalue weighted by molar-refractivity contribution is -0.133. The van der Waals surface area contributed by atoms with Crippen LogP contribution in [0, 0.1) is 0 Å². The highest BCUT2D eigenvalue weighted by Gasteiger charge is 2.34. The Morgan fingerprint density at radius 2 is 2.09 bits per heavy atom. The molecular weight excluding hydrogens is 458 g/mol. The first kappa shape index (κ1) is 23.0. The number of ether oxygens (including phenoxy) is 1. The minimum atomic E-state index is -0.185. The normalized spacial score (nSPS) is 20.6. The van der Waals surface area contributed by atoms with Gasteiger partial charge in [-0.1, -0.05) is 23.7 Å². The van der Waals surface area contributed by atoms with Gasteiger partial charge in [-0.2, -0.15) is 0 Å². The highest BCUT2D eigenvalue weighted by atomic mass is 35.5. The molecule has 2 N–H and O–H groups in total. The Morgan fingerprint density at radius 1 is 1.26 bits per heavy atom. The number of carbonyl (C=O) groups is 2. The molecule has 34 heavy (non-hydrogen) atoms. The van der Waals surface area contributed by atoms with Crippen LogP contribution < -0.4 is 5.32 Å². The van der Waals surface area contributed by atoms with Crippen LogP contribution in [0.5, 0.6) is 0 Å². The lowest BCUT2D eigenvalue weighted by atomic mass is 10.0. The average molecular weight is 486 g/mol. The molecule has 2 fully saturated rings.